The summed E-state index contributed by atoms with van der Waals surface area (Å²) >= 11 is 0. The Morgan fingerprint density at radius 3 is 2.67 bits per heavy atom. The molecule has 3 rings (SSSR count). The first-order chi connectivity index (χ1) is 10.2. The highest BCUT2D eigenvalue weighted by atomic mass is 19.1. The van der Waals surface area contributed by atoms with E-state index in [1.165, 1.54) is 12.1 Å². The zero-order chi connectivity index (χ0) is 14.8. The third-order valence-electron chi connectivity index (χ3n) is 3.89. The summed E-state index contributed by atoms with van der Waals surface area (Å²) in [6, 6.07) is 8.55. The summed E-state index contributed by atoms with van der Waals surface area (Å²) < 4.78 is 15.1. The number of benzene rings is 1. The molecule has 1 aromatic heterocycles. The van der Waals surface area contributed by atoms with E-state index in [0.29, 0.717) is 17.4 Å². The number of piperidine rings is 1. The van der Waals surface area contributed by atoms with Crippen LogP contribution in [0.25, 0.3) is 0 Å². The molecule has 1 aliphatic heterocycles. The average molecular weight is 285 g/mol. The van der Waals surface area contributed by atoms with E-state index in [0.717, 1.165) is 31.6 Å². The molecule has 0 radical (unpaired) electrons. The van der Waals surface area contributed by atoms with Crippen LogP contribution in [0.15, 0.2) is 30.5 Å². The van der Waals surface area contributed by atoms with Gasteiger partial charge in [-0.3, -0.25) is 4.68 Å². The topological polar surface area (TPSA) is 70.9 Å². The molecule has 2 N–H and O–H groups in total. The lowest BCUT2D eigenvalue weighted by atomic mass is 10.0. The summed E-state index contributed by atoms with van der Waals surface area (Å²) in [6.45, 7) is 1.62. The molecule has 1 aromatic carbocycles. The van der Waals surface area contributed by atoms with Gasteiger partial charge in [-0.15, -0.1) is 0 Å². The predicted octanol–water partition coefficient (Wildman–Crippen LogP) is 2.32. The smallest absolute Gasteiger partial charge is 0.145 e. The monoisotopic (exact) mass is 285 g/mol. The van der Waals surface area contributed by atoms with Gasteiger partial charge >= 0.3 is 0 Å². The van der Waals surface area contributed by atoms with Gasteiger partial charge in [0, 0.05) is 19.3 Å². The van der Waals surface area contributed by atoms with Gasteiger partial charge in [0.15, 0.2) is 0 Å². The fourth-order valence-corrected chi connectivity index (χ4v) is 2.80. The highest BCUT2D eigenvalue weighted by molar-refractivity contribution is 5.59. The molecule has 1 fully saturated rings. The van der Waals surface area contributed by atoms with Crippen molar-refractivity contribution in [2.24, 2.45) is 0 Å². The van der Waals surface area contributed by atoms with E-state index in [2.05, 4.69) is 16.1 Å². The summed E-state index contributed by atoms with van der Waals surface area (Å²) in [5.41, 5.74) is 6.83. The highest BCUT2D eigenvalue weighted by Crippen LogP contribution is 2.28. The number of nitrogens with two attached hydrogens (primary N) is 1. The maximum Gasteiger partial charge on any atom is 0.145 e. The van der Waals surface area contributed by atoms with Crippen molar-refractivity contribution in [1.82, 2.24) is 9.78 Å². The third kappa shape index (κ3) is 2.68. The number of nitrogens with zero attached hydrogens (tertiary/aromatic N) is 4. The van der Waals surface area contributed by atoms with Gasteiger partial charge in [0.05, 0.1) is 17.3 Å². The van der Waals surface area contributed by atoms with Gasteiger partial charge in [-0.1, -0.05) is 0 Å². The number of nitrogen functional groups attached to an aromatic ring is 1. The normalized spacial score (nSPS) is 15.9. The van der Waals surface area contributed by atoms with E-state index >= 15 is 0 Å². The molecule has 0 amide bonds. The molecular formula is C15H16FN5. The van der Waals surface area contributed by atoms with Crippen LogP contribution in [0.1, 0.15) is 24.4 Å². The summed E-state index contributed by atoms with van der Waals surface area (Å²) in [5, 5.41) is 13.4. The van der Waals surface area contributed by atoms with Crippen LogP contribution < -0.4 is 10.6 Å². The summed E-state index contributed by atoms with van der Waals surface area (Å²) in [5.74, 6) is 0.153. The van der Waals surface area contributed by atoms with Crippen molar-refractivity contribution in [3.8, 4) is 6.07 Å². The molecule has 6 heteroatoms. The first-order valence-corrected chi connectivity index (χ1v) is 6.92. The maximum absolute atomic E-state index is 13.2. The van der Waals surface area contributed by atoms with Crippen molar-refractivity contribution < 1.29 is 4.39 Å². The van der Waals surface area contributed by atoms with Gasteiger partial charge in [-0.2, -0.15) is 10.4 Å². The lowest BCUT2D eigenvalue weighted by molar-refractivity contribution is 0.367. The molecule has 0 bridgehead atoms. The van der Waals surface area contributed by atoms with E-state index in [9.17, 15) is 4.39 Å². The van der Waals surface area contributed by atoms with Gasteiger partial charge in [-0.05, 0) is 37.1 Å². The van der Waals surface area contributed by atoms with Crippen molar-refractivity contribution in [2.45, 2.75) is 18.9 Å². The van der Waals surface area contributed by atoms with Crippen LogP contribution in [-0.2, 0) is 0 Å². The standard InChI is InChI=1S/C15H16FN5/c16-12-1-2-14(11(9-12)10-17)20-6-3-13(4-7-20)21-8-5-15(18)19-21/h1-2,5,8-9,13H,3-4,6-7H2,(H2,18,19). The van der Waals surface area contributed by atoms with Gasteiger partial charge in [0.2, 0.25) is 0 Å². The third-order valence-corrected chi connectivity index (χ3v) is 3.89. The molecule has 1 saturated heterocycles. The quantitative estimate of drug-likeness (QED) is 0.919. The van der Waals surface area contributed by atoms with Crippen molar-refractivity contribution >= 4 is 11.5 Å². The number of aromatic nitrogens is 2. The molecule has 108 valence electrons. The molecule has 0 atom stereocenters. The minimum Gasteiger partial charge on any atom is -0.382 e. The van der Waals surface area contributed by atoms with Crippen LogP contribution in [-0.4, -0.2) is 22.9 Å². The Kier molecular flexibility index (Phi) is 3.48. The number of hydrogen-bond acceptors (Lipinski definition) is 4. The average Bonchev–Trinajstić information content (AvgIpc) is 2.94. The summed E-state index contributed by atoms with van der Waals surface area (Å²) in [7, 11) is 0. The predicted molar refractivity (Wildman–Crippen MR) is 78.2 cm³/mol. The Balaban J connectivity index is 1.73. The van der Waals surface area contributed by atoms with Gasteiger partial charge < -0.3 is 10.6 Å². The van der Waals surface area contributed by atoms with E-state index < -0.39 is 0 Å². The maximum atomic E-state index is 13.2. The lowest BCUT2D eigenvalue weighted by Crippen LogP contribution is -2.35. The number of halogens is 1. The molecule has 2 aromatic rings. The molecular weight excluding hydrogens is 269 g/mol. The molecule has 2 heterocycles. The van der Waals surface area contributed by atoms with E-state index in [-0.39, 0.29) is 5.82 Å². The molecule has 21 heavy (non-hydrogen) atoms. The van der Waals surface area contributed by atoms with Gasteiger partial charge in [-0.25, -0.2) is 4.39 Å². The molecule has 0 spiro atoms. The van der Waals surface area contributed by atoms with Crippen LogP contribution in [0.4, 0.5) is 15.9 Å². The second-order valence-electron chi connectivity index (χ2n) is 5.21. The van der Waals surface area contributed by atoms with E-state index in [4.69, 9.17) is 11.0 Å². The SMILES string of the molecule is N#Cc1cc(F)ccc1N1CCC(n2ccc(N)n2)CC1. The molecule has 0 unspecified atom stereocenters. The highest BCUT2D eigenvalue weighted by Gasteiger charge is 2.22. The molecule has 0 saturated carbocycles. The fraction of sp³-hybridized carbons (Fsp3) is 0.333. The number of rotatable bonds is 2. The second kappa shape index (κ2) is 5.44. The van der Waals surface area contributed by atoms with Crippen LogP contribution >= 0.6 is 0 Å². The Labute approximate surface area is 122 Å². The van der Waals surface area contributed by atoms with Crippen molar-refractivity contribution in [1.29, 1.82) is 5.26 Å². The Bertz CT molecular complexity index is 680. The van der Waals surface area contributed by atoms with Crippen LogP contribution in [0, 0.1) is 17.1 Å². The number of nitriles is 1. The van der Waals surface area contributed by atoms with Crippen LogP contribution in [0.5, 0.6) is 0 Å². The minimum absolute atomic E-state index is 0.324. The van der Waals surface area contributed by atoms with Crippen molar-refractivity contribution in [2.75, 3.05) is 23.7 Å². The van der Waals surface area contributed by atoms with Crippen molar-refractivity contribution in [3.05, 3.63) is 41.8 Å². The molecule has 1 aliphatic rings. The lowest BCUT2D eigenvalue weighted by Gasteiger charge is -2.34. The largest absolute Gasteiger partial charge is 0.382 e. The summed E-state index contributed by atoms with van der Waals surface area (Å²) in [4.78, 5) is 2.13. The molecule has 5 nitrogen and oxygen atoms in total. The Morgan fingerprint density at radius 2 is 2.05 bits per heavy atom. The van der Waals surface area contributed by atoms with Crippen LogP contribution in [0.2, 0.25) is 0 Å². The van der Waals surface area contributed by atoms with E-state index in [1.807, 2.05) is 10.9 Å². The fourth-order valence-electron chi connectivity index (χ4n) is 2.80. The van der Waals surface area contributed by atoms with Gasteiger partial charge in [0.25, 0.3) is 0 Å². The van der Waals surface area contributed by atoms with E-state index in [1.54, 1.807) is 12.1 Å². The Morgan fingerprint density at radius 1 is 1.29 bits per heavy atom. The second-order valence-corrected chi connectivity index (χ2v) is 5.21. The first-order valence-electron chi connectivity index (χ1n) is 6.92. The first kappa shape index (κ1) is 13.4. The zero-order valence-electron chi connectivity index (χ0n) is 11.5. The number of hydrogen-bond donors (Lipinski definition) is 1. The molecule has 0 aliphatic carbocycles. The Hall–Kier alpha value is -2.55. The zero-order valence-corrected chi connectivity index (χ0v) is 11.5. The minimum atomic E-state index is -0.378. The number of anilines is 2. The van der Waals surface area contributed by atoms with Crippen LogP contribution in [0.3, 0.4) is 0 Å². The summed E-state index contributed by atoms with van der Waals surface area (Å²) in [6.07, 6.45) is 3.74. The van der Waals surface area contributed by atoms with Crippen molar-refractivity contribution in [3.63, 3.8) is 0 Å². The van der Waals surface area contributed by atoms with Gasteiger partial charge in [0.1, 0.15) is 17.7 Å².